The van der Waals surface area contributed by atoms with E-state index in [0.717, 1.165) is 11.2 Å². The summed E-state index contributed by atoms with van der Waals surface area (Å²) in [6, 6.07) is 1.90. The molecule has 1 saturated heterocycles. The smallest absolute Gasteiger partial charge is 0.399 e. The first kappa shape index (κ1) is 15.8. The fraction of sp³-hybridized carbons (Fsp3) is 0.667. The lowest BCUT2D eigenvalue weighted by Crippen LogP contribution is -2.41. The molecular weight excluding hydrogens is 272 g/mol. The zero-order valence-corrected chi connectivity index (χ0v) is 14.1. The van der Waals surface area contributed by atoms with Crippen molar-refractivity contribution in [1.29, 1.82) is 0 Å². The fourth-order valence-corrected chi connectivity index (χ4v) is 2.40. The van der Waals surface area contributed by atoms with Crippen LogP contribution in [0.25, 0.3) is 0 Å². The molecule has 0 saturated carbocycles. The third-order valence-electron chi connectivity index (χ3n) is 4.10. The molecule has 0 aromatic carbocycles. The maximum Gasteiger partial charge on any atom is 0.496 e. The lowest BCUT2D eigenvalue weighted by atomic mass is 9.72. The van der Waals surface area contributed by atoms with Crippen molar-refractivity contribution in [2.24, 2.45) is 0 Å². The number of rotatable bonds is 1. The molecule has 110 valence electrons. The van der Waals surface area contributed by atoms with Crippen molar-refractivity contribution < 1.29 is 9.31 Å². The standard InChI is InChI=1S/C15H23BClNO2/c1-13(2,3)12-11(8-10(17)9-18-12)16-19-14(4,5)15(6,7)20-16/h8-9H,1-7H3. The van der Waals surface area contributed by atoms with Crippen LogP contribution in [0.15, 0.2) is 12.3 Å². The average Bonchev–Trinajstić information content (AvgIpc) is 2.46. The van der Waals surface area contributed by atoms with Gasteiger partial charge in [-0.15, -0.1) is 0 Å². The van der Waals surface area contributed by atoms with Gasteiger partial charge in [-0.2, -0.15) is 0 Å². The van der Waals surface area contributed by atoms with E-state index in [2.05, 4.69) is 25.8 Å². The first-order chi connectivity index (χ1) is 8.94. The quantitative estimate of drug-likeness (QED) is 0.745. The highest BCUT2D eigenvalue weighted by atomic mass is 35.5. The second kappa shape index (κ2) is 4.72. The number of pyridine rings is 1. The predicted octanol–water partition coefficient (Wildman–Crippen LogP) is 3.33. The fourth-order valence-electron chi connectivity index (χ4n) is 2.23. The van der Waals surface area contributed by atoms with Crippen LogP contribution in [-0.2, 0) is 14.7 Å². The Kier molecular flexibility index (Phi) is 3.73. The van der Waals surface area contributed by atoms with Gasteiger partial charge in [0.05, 0.1) is 16.2 Å². The van der Waals surface area contributed by atoms with Gasteiger partial charge < -0.3 is 9.31 Å². The molecule has 2 heterocycles. The molecule has 0 unspecified atom stereocenters. The van der Waals surface area contributed by atoms with Gasteiger partial charge in [0.25, 0.3) is 0 Å². The molecule has 1 aliphatic rings. The van der Waals surface area contributed by atoms with E-state index in [1.54, 1.807) is 6.20 Å². The molecule has 1 fully saturated rings. The predicted molar refractivity (Wildman–Crippen MR) is 83.7 cm³/mol. The summed E-state index contributed by atoms with van der Waals surface area (Å²) in [6.45, 7) is 14.5. The van der Waals surface area contributed by atoms with E-state index in [1.807, 2.05) is 33.8 Å². The monoisotopic (exact) mass is 295 g/mol. The van der Waals surface area contributed by atoms with Gasteiger partial charge in [0.15, 0.2) is 0 Å². The van der Waals surface area contributed by atoms with Gasteiger partial charge in [-0.05, 0) is 33.8 Å². The van der Waals surface area contributed by atoms with Crippen LogP contribution in [0.3, 0.4) is 0 Å². The van der Waals surface area contributed by atoms with Crippen LogP contribution < -0.4 is 5.46 Å². The third-order valence-corrected chi connectivity index (χ3v) is 4.31. The van der Waals surface area contributed by atoms with Gasteiger partial charge in [-0.25, -0.2) is 0 Å². The van der Waals surface area contributed by atoms with Gasteiger partial charge in [0.2, 0.25) is 0 Å². The van der Waals surface area contributed by atoms with Crippen LogP contribution >= 0.6 is 11.6 Å². The number of hydrogen-bond donors (Lipinski definition) is 0. The summed E-state index contributed by atoms with van der Waals surface area (Å²) in [5, 5.41) is 0.600. The Labute approximate surface area is 127 Å². The summed E-state index contributed by atoms with van der Waals surface area (Å²) >= 11 is 6.11. The van der Waals surface area contributed by atoms with Crippen LogP contribution in [0.1, 0.15) is 54.2 Å². The first-order valence-electron chi connectivity index (χ1n) is 6.96. The summed E-state index contributed by atoms with van der Waals surface area (Å²) in [6.07, 6.45) is 1.68. The Morgan fingerprint density at radius 3 is 2.05 bits per heavy atom. The van der Waals surface area contributed by atoms with E-state index in [0.29, 0.717) is 5.02 Å². The Morgan fingerprint density at radius 2 is 1.60 bits per heavy atom. The minimum Gasteiger partial charge on any atom is -0.399 e. The number of aromatic nitrogens is 1. The van der Waals surface area contributed by atoms with Crippen LogP contribution in [0.2, 0.25) is 5.02 Å². The largest absolute Gasteiger partial charge is 0.496 e. The topological polar surface area (TPSA) is 31.4 Å². The highest BCUT2D eigenvalue weighted by molar-refractivity contribution is 6.63. The molecule has 0 amide bonds. The van der Waals surface area contributed by atoms with Gasteiger partial charge in [0.1, 0.15) is 0 Å². The molecule has 0 atom stereocenters. The Balaban J connectivity index is 2.47. The Morgan fingerprint density at radius 1 is 1.10 bits per heavy atom. The number of hydrogen-bond acceptors (Lipinski definition) is 3. The van der Waals surface area contributed by atoms with Crippen molar-refractivity contribution in [3.63, 3.8) is 0 Å². The van der Waals surface area contributed by atoms with Crippen molar-refractivity contribution >= 4 is 24.2 Å². The molecule has 0 bridgehead atoms. The van der Waals surface area contributed by atoms with Gasteiger partial charge in [0, 0.05) is 22.8 Å². The Hall–Kier alpha value is -0.575. The zero-order valence-electron chi connectivity index (χ0n) is 13.4. The van der Waals surface area contributed by atoms with Gasteiger partial charge >= 0.3 is 7.12 Å². The van der Waals surface area contributed by atoms with Crippen LogP contribution in [0.4, 0.5) is 0 Å². The van der Waals surface area contributed by atoms with E-state index < -0.39 is 7.12 Å². The summed E-state index contributed by atoms with van der Waals surface area (Å²) in [4.78, 5) is 4.50. The Bertz CT molecular complexity index is 507. The minimum absolute atomic E-state index is 0.0937. The van der Waals surface area contributed by atoms with Gasteiger partial charge in [-0.1, -0.05) is 32.4 Å². The molecule has 1 aromatic rings. The minimum atomic E-state index is -0.430. The molecule has 2 rings (SSSR count). The van der Waals surface area contributed by atoms with Crippen molar-refractivity contribution in [2.75, 3.05) is 0 Å². The van der Waals surface area contributed by atoms with Gasteiger partial charge in [-0.3, -0.25) is 4.98 Å². The maximum absolute atomic E-state index is 6.12. The molecule has 0 radical (unpaired) electrons. The lowest BCUT2D eigenvalue weighted by molar-refractivity contribution is 0.00578. The van der Waals surface area contributed by atoms with Crippen molar-refractivity contribution in [1.82, 2.24) is 4.98 Å². The molecule has 0 spiro atoms. The van der Waals surface area contributed by atoms with Crippen LogP contribution in [-0.4, -0.2) is 23.3 Å². The summed E-state index contributed by atoms with van der Waals surface area (Å²) < 4.78 is 12.2. The summed E-state index contributed by atoms with van der Waals surface area (Å²) in [5.41, 5.74) is 1.05. The molecule has 0 aliphatic carbocycles. The summed E-state index contributed by atoms with van der Waals surface area (Å²) in [5.74, 6) is 0. The highest BCUT2D eigenvalue weighted by Crippen LogP contribution is 2.37. The van der Waals surface area contributed by atoms with E-state index in [4.69, 9.17) is 20.9 Å². The zero-order chi connectivity index (χ0) is 15.3. The number of nitrogens with zero attached hydrogens (tertiary/aromatic N) is 1. The van der Waals surface area contributed by atoms with Crippen LogP contribution in [0, 0.1) is 0 Å². The van der Waals surface area contributed by atoms with E-state index in [1.165, 1.54) is 0 Å². The lowest BCUT2D eigenvalue weighted by Gasteiger charge is -2.32. The van der Waals surface area contributed by atoms with Crippen molar-refractivity contribution in [3.8, 4) is 0 Å². The van der Waals surface area contributed by atoms with Crippen molar-refractivity contribution in [3.05, 3.63) is 23.0 Å². The highest BCUT2D eigenvalue weighted by Gasteiger charge is 2.52. The molecular formula is C15H23BClNO2. The second-order valence-electron chi connectivity index (χ2n) is 7.43. The molecule has 20 heavy (non-hydrogen) atoms. The summed E-state index contributed by atoms with van der Waals surface area (Å²) in [7, 11) is -0.430. The SMILES string of the molecule is CC(C)(C)c1ncc(Cl)cc1B1OC(C)(C)C(C)(C)O1. The number of halogens is 1. The molecule has 5 heteroatoms. The molecule has 0 N–H and O–H groups in total. The van der Waals surface area contributed by atoms with Crippen LogP contribution in [0.5, 0.6) is 0 Å². The molecule has 1 aromatic heterocycles. The third kappa shape index (κ3) is 2.74. The molecule has 1 aliphatic heterocycles. The van der Waals surface area contributed by atoms with E-state index in [9.17, 15) is 0 Å². The van der Waals surface area contributed by atoms with E-state index in [-0.39, 0.29) is 16.6 Å². The normalized spacial score (nSPS) is 21.3. The maximum atomic E-state index is 6.12. The van der Waals surface area contributed by atoms with Crippen molar-refractivity contribution in [2.45, 2.75) is 65.1 Å². The first-order valence-corrected chi connectivity index (χ1v) is 7.33. The second-order valence-corrected chi connectivity index (χ2v) is 7.87. The average molecular weight is 296 g/mol. The molecule has 3 nitrogen and oxygen atoms in total. The van der Waals surface area contributed by atoms with E-state index >= 15 is 0 Å².